The van der Waals surface area contributed by atoms with Crippen LogP contribution in [0.1, 0.15) is 22.9 Å². The van der Waals surface area contributed by atoms with E-state index >= 15 is 0 Å². The average molecular weight is 255 g/mol. The summed E-state index contributed by atoms with van der Waals surface area (Å²) in [6.45, 7) is 4.62. The summed E-state index contributed by atoms with van der Waals surface area (Å²) >= 11 is 0. The van der Waals surface area contributed by atoms with E-state index in [0.717, 1.165) is 22.6 Å². The minimum atomic E-state index is -0.127. The van der Waals surface area contributed by atoms with E-state index in [4.69, 9.17) is 0 Å². The fraction of sp³-hybridized carbons (Fsp3) is 0.267. The number of aryl methyl sites for hydroxylation is 2. The topological polar surface area (TPSA) is 46.1 Å². The Morgan fingerprint density at radius 3 is 2.63 bits per heavy atom. The van der Waals surface area contributed by atoms with Gasteiger partial charge in [0.15, 0.2) is 0 Å². The molecule has 2 aromatic rings. The van der Waals surface area contributed by atoms with Gasteiger partial charge in [-0.05, 0) is 37.6 Å². The zero-order valence-corrected chi connectivity index (χ0v) is 11.1. The molecule has 98 valence electrons. The number of carbonyl (C=O) groups is 1. The van der Waals surface area contributed by atoms with Crippen molar-refractivity contribution < 1.29 is 4.79 Å². The van der Waals surface area contributed by atoms with Gasteiger partial charge in [-0.25, -0.2) is 0 Å². The van der Waals surface area contributed by atoms with Crippen molar-refractivity contribution >= 4 is 11.6 Å². The predicted molar refractivity (Wildman–Crippen MR) is 75.9 cm³/mol. The molecule has 0 radical (unpaired) electrons. The summed E-state index contributed by atoms with van der Waals surface area (Å²) in [7, 11) is 0. The molecule has 1 atom stereocenters. The normalized spacial score (nSPS) is 16.8. The van der Waals surface area contributed by atoms with E-state index in [1.165, 1.54) is 0 Å². The number of benzene rings is 1. The average Bonchev–Trinajstić information content (AvgIpc) is 2.97. The monoisotopic (exact) mass is 255 g/mol. The van der Waals surface area contributed by atoms with Gasteiger partial charge in [-0.3, -0.25) is 14.9 Å². The highest BCUT2D eigenvalue weighted by molar-refractivity contribution is 5.93. The van der Waals surface area contributed by atoms with Crippen LogP contribution in [0.3, 0.4) is 0 Å². The van der Waals surface area contributed by atoms with Crippen LogP contribution < -0.4 is 10.7 Å². The van der Waals surface area contributed by atoms with E-state index < -0.39 is 0 Å². The van der Waals surface area contributed by atoms with Crippen molar-refractivity contribution in [2.24, 2.45) is 0 Å². The first-order chi connectivity index (χ1) is 9.16. The number of carbonyl (C=O) groups excluding carboxylic acids is 1. The van der Waals surface area contributed by atoms with Crippen LogP contribution in [0.4, 0.5) is 5.69 Å². The number of rotatable bonds is 2. The lowest BCUT2D eigenvalue weighted by Crippen LogP contribution is -2.30. The minimum Gasteiger partial charge on any atom is -0.384 e. The van der Waals surface area contributed by atoms with Crippen LogP contribution in [0.2, 0.25) is 0 Å². The fourth-order valence-electron chi connectivity index (χ4n) is 2.55. The third-order valence-corrected chi connectivity index (χ3v) is 3.64. The molecule has 0 saturated carbocycles. The third kappa shape index (κ3) is 1.99. The molecular formula is C15H17N3O. The number of para-hydroxylation sites is 1. The molecule has 1 aliphatic rings. The maximum atomic E-state index is 12.4. The number of fused-ring (bicyclic) bond motifs is 1. The van der Waals surface area contributed by atoms with E-state index in [1.54, 1.807) is 0 Å². The van der Waals surface area contributed by atoms with Gasteiger partial charge in [-0.15, -0.1) is 0 Å². The molecule has 1 unspecified atom stereocenters. The van der Waals surface area contributed by atoms with Crippen LogP contribution in [0, 0.1) is 13.8 Å². The zero-order chi connectivity index (χ0) is 13.4. The summed E-state index contributed by atoms with van der Waals surface area (Å²) in [6.07, 6.45) is 0. The maximum absolute atomic E-state index is 12.4. The first kappa shape index (κ1) is 11.8. The van der Waals surface area contributed by atoms with E-state index in [-0.39, 0.29) is 11.8 Å². The van der Waals surface area contributed by atoms with E-state index in [2.05, 4.69) is 10.7 Å². The molecule has 0 bridgehead atoms. The Balaban J connectivity index is 1.83. The molecule has 0 fully saturated rings. The SMILES string of the molecule is Cc1ccc(C)n1NC(=O)C1CNc2ccccc21. The van der Waals surface area contributed by atoms with Gasteiger partial charge < -0.3 is 5.32 Å². The minimum absolute atomic E-state index is 0.0276. The largest absolute Gasteiger partial charge is 0.384 e. The summed E-state index contributed by atoms with van der Waals surface area (Å²) in [4.78, 5) is 12.4. The Hall–Kier alpha value is -2.23. The second-order valence-corrected chi connectivity index (χ2v) is 4.95. The van der Waals surface area contributed by atoms with Gasteiger partial charge in [-0.1, -0.05) is 18.2 Å². The molecule has 0 saturated heterocycles. The van der Waals surface area contributed by atoms with Crippen molar-refractivity contribution in [3.8, 4) is 0 Å². The first-order valence-corrected chi connectivity index (χ1v) is 6.45. The van der Waals surface area contributed by atoms with Gasteiger partial charge >= 0.3 is 0 Å². The van der Waals surface area contributed by atoms with Crippen molar-refractivity contribution in [1.29, 1.82) is 0 Å². The number of amides is 1. The van der Waals surface area contributed by atoms with Gasteiger partial charge in [0.25, 0.3) is 0 Å². The van der Waals surface area contributed by atoms with Crippen LogP contribution in [0.25, 0.3) is 0 Å². The number of aromatic nitrogens is 1. The lowest BCUT2D eigenvalue weighted by Gasteiger charge is -2.15. The molecule has 1 aromatic carbocycles. The van der Waals surface area contributed by atoms with Gasteiger partial charge in [-0.2, -0.15) is 0 Å². The van der Waals surface area contributed by atoms with E-state index in [0.29, 0.717) is 6.54 Å². The predicted octanol–water partition coefficient (Wildman–Crippen LogP) is 2.38. The molecule has 0 aliphatic carbocycles. The molecule has 4 nitrogen and oxygen atoms in total. The number of hydrogen-bond donors (Lipinski definition) is 2. The van der Waals surface area contributed by atoms with Gasteiger partial charge in [0.2, 0.25) is 5.91 Å². The van der Waals surface area contributed by atoms with Gasteiger partial charge in [0, 0.05) is 23.6 Å². The first-order valence-electron chi connectivity index (χ1n) is 6.45. The molecule has 2 N–H and O–H groups in total. The quantitative estimate of drug-likeness (QED) is 0.865. The highest BCUT2D eigenvalue weighted by Gasteiger charge is 2.28. The molecule has 1 amide bonds. The van der Waals surface area contributed by atoms with Gasteiger partial charge in [0.05, 0.1) is 5.92 Å². The second kappa shape index (κ2) is 4.46. The van der Waals surface area contributed by atoms with E-state index in [9.17, 15) is 4.79 Å². The summed E-state index contributed by atoms with van der Waals surface area (Å²) in [5.41, 5.74) is 7.17. The van der Waals surface area contributed by atoms with Crippen LogP contribution in [-0.4, -0.2) is 17.1 Å². The van der Waals surface area contributed by atoms with Crippen LogP contribution >= 0.6 is 0 Å². The van der Waals surface area contributed by atoms with Crippen molar-refractivity contribution in [3.05, 3.63) is 53.3 Å². The Morgan fingerprint density at radius 1 is 1.21 bits per heavy atom. The maximum Gasteiger partial charge on any atom is 0.248 e. The van der Waals surface area contributed by atoms with Crippen LogP contribution in [0.15, 0.2) is 36.4 Å². The Morgan fingerprint density at radius 2 is 1.89 bits per heavy atom. The molecule has 0 spiro atoms. The van der Waals surface area contributed by atoms with E-state index in [1.807, 2.05) is 54.9 Å². The number of nitrogens with zero attached hydrogens (tertiary/aromatic N) is 1. The Kier molecular flexibility index (Phi) is 2.78. The summed E-state index contributed by atoms with van der Waals surface area (Å²) in [5.74, 6) is -0.0998. The lowest BCUT2D eigenvalue weighted by molar-refractivity contribution is -0.118. The summed E-state index contributed by atoms with van der Waals surface area (Å²) in [5, 5.41) is 3.27. The van der Waals surface area contributed by atoms with Crippen molar-refractivity contribution in [2.75, 3.05) is 17.3 Å². The Bertz CT molecular complexity index is 611. The molecule has 1 aliphatic heterocycles. The number of hydrogen-bond acceptors (Lipinski definition) is 2. The molecule has 2 heterocycles. The summed E-state index contributed by atoms with van der Waals surface area (Å²) in [6, 6.07) is 12.0. The van der Waals surface area contributed by atoms with Gasteiger partial charge in [0.1, 0.15) is 0 Å². The molecule has 3 rings (SSSR count). The molecular weight excluding hydrogens is 238 g/mol. The molecule has 4 heteroatoms. The standard InChI is InChI=1S/C15H17N3O/c1-10-7-8-11(2)18(10)17-15(19)13-9-16-14-6-4-3-5-12(13)14/h3-8,13,16H,9H2,1-2H3,(H,17,19). The number of nitrogens with one attached hydrogen (secondary N) is 2. The smallest absolute Gasteiger partial charge is 0.248 e. The van der Waals surface area contributed by atoms with Crippen molar-refractivity contribution in [1.82, 2.24) is 4.68 Å². The Labute approximate surface area is 112 Å². The van der Waals surface area contributed by atoms with Crippen molar-refractivity contribution in [2.45, 2.75) is 19.8 Å². The zero-order valence-electron chi connectivity index (χ0n) is 11.1. The summed E-state index contributed by atoms with van der Waals surface area (Å²) < 4.78 is 1.84. The molecule has 1 aromatic heterocycles. The lowest BCUT2D eigenvalue weighted by atomic mass is 10.0. The van der Waals surface area contributed by atoms with Crippen LogP contribution in [-0.2, 0) is 4.79 Å². The highest BCUT2D eigenvalue weighted by atomic mass is 16.2. The highest BCUT2D eigenvalue weighted by Crippen LogP contribution is 2.31. The number of anilines is 1. The molecule has 19 heavy (non-hydrogen) atoms. The third-order valence-electron chi connectivity index (χ3n) is 3.64. The van der Waals surface area contributed by atoms with Crippen molar-refractivity contribution in [3.63, 3.8) is 0 Å². The van der Waals surface area contributed by atoms with Crippen LogP contribution in [0.5, 0.6) is 0 Å². The fourth-order valence-corrected chi connectivity index (χ4v) is 2.55. The second-order valence-electron chi connectivity index (χ2n) is 4.95.